The van der Waals surface area contributed by atoms with Gasteiger partial charge < -0.3 is 0 Å². The van der Waals surface area contributed by atoms with Crippen LogP contribution in [0, 0.1) is 0 Å². The van der Waals surface area contributed by atoms with Crippen molar-refractivity contribution in [3.8, 4) is 0 Å². The Hall–Kier alpha value is 0.350. The second-order valence-electron chi connectivity index (χ2n) is 1.14. The summed E-state index contributed by atoms with van der Waals surface area (Å²) in [5.41, 5.74) is -2.53. The van der Waals surface area contributed by atoms with Crippen LogP contribution < -0.4 is 0 Å². The minimum atomic E-state index is -3.20. The predicted molar refractivity (Wildman–Crippen MR) is 32.1 cm³/mol. The van der Waals surface area contributed by atoms with Crippen molar-refractivity contribution in [2.75, 3.05) is 0 Å². The van der Waals surface area contributed by atoms with Crippen molar-refractivity contribution in [3.63, 3.8) is 0 Å². The van der Waals surface area contributed by atoms with Gasteiger partial charge in [0.05, 0.1) is 0 Å². The summed E-state index contributed by atoms with van der Waals surface area (Å²) in [6, 6.07) is 0. The smallest absolute Gasteiger partial charge is 0.228 e. The molecule has 0 aliphatic rings. The molecule has 0 N–H and O–H groups in total. The normalized spacial score (nSPS) is 14.7. The van der Waals surface area contributed by atoms with E-state index in [0.29, 0.717) is 0 Å². The fourth-order valence-electron chi connectivity index (χ4n) is 0.137. The van der Waals surface area contributed by atoms with E-state index in [9.17, 15) is 22.0 Å². The molecule has 0 aromatic heterocycles. The second kappa shape index (κ2) is 5.06. The Labute approximate surface area is 61.9 Å². The van der Waals surface area contributed by atoms with E-state index in [0.717, 1.165) is 0 Å². The van der Waals surface area contributed by atoms with E-state index in [1.807, 2.05) is 0 Å². The number of rotatable bonds is 4. The molecule has 7 heteroatoms. The molecule has 0 radical (unpaired) electrons. The first-order valence-electron chi connectivity index (χ1n) is 2.06. The second-order valence-corrected chi connectivity index (χ2v) is 3.49. The Bertz CT molecular complexity index is 87.0. The summed E-state index contributed by atoms with van der Waals surface area (Å²) in [5, 5.41) is 0. The van der Waals surface area contributed by atoms with Gasteiger partial charge in [-0.3, -0.25) is 0 Å². The number of hydrogen-bond acceptors (Lipinski definition) is 2. The molecule has 0 aromatic carbocycles. The van der Waals surface area contributed by atoms with E-state index >= 15 is 0 Å². The highest BCUT2D eigenvalue weighted by Gasteiger charge is 2.21. The number of halogens is 5. The number of alkyl halides is 5. The van der Waals surface area contributed by atoms with Crippen LogP contribution in [0.2, 0.25) is 0 Å². The predicted octanol–water partition coefficient (Wildman–Crippen LogP) is 3.15. The van der Waals surface area contributed by atoms with Crippen molar-refractivity contribution in [1.82, 2.24) is 0 Å². The summed E-state index contributed by atoms with van der Waals surface area (Å²) in [7, 11) is -0.361. The van der Waals surface area contributed by atoms with Gasteiger partial charge in [0.15, 0.2) is 0 Å². The van der Waals surface area contributed by atoms with Gasteiger partial charge in [0.25, 0.3) is 12.2 Å². The maximum absolute atomic E-state index is 11.7. The molecule has 0 saturated heterocycles. The van der Waals surface area contributed by atoms with Crippen LogP contribution >= 0.6 is 21.6 Å². The standard InChI is InChI=1S/C3H3F5S2/c4-1(5)2(6)9-10-3(7)8/h1-3H. The summed E-state index contributed by atoms with van der Waals surface area (Å²) in [6.45, 7) is 0. The van der Waals surface area contributed by atoms with Crippen LogP contribution in [0.4, 0.5) is 22.0 Å². The highest BCUT2D eigenvalue weighted by molar-refractivity contribution is 8.77. The molecule has 1 unspecified atom stereocenters. The Morgan fingerprint density at radius 2 is 1.30 bits per heavy atom. The lowest BCUT2D eigenvalue weighted by molar-refractivity contribution is 0.0960. The molecule has 0 spiro atoms. The first-order chi connectivity index (χ1) is 4.54. The quantitative estimate of drug-likeness (QED) is 0.502. The average molecular weight is 198 g/mol. The summed E-state index contributed by atoms with van der Waals surface area (Å²) in [6.07, 6.45) is -3.20. The van der Waals surface area contributed by atoms with Gasteiger partial charge in [-0.15, -0.1) is 0 Å². The molecule has 0 heterocycles. The summed E-state index contributed by atoms with van der Waals surface area (Å²) in [5.74, 6) is -2.82. The third-order valence-corrected chi connectivity index (χ3v) is 2.39. The van der Waals surface area contributed by atoms with Gasteiger partial charge in [-0.25, -0.2) is 13.2 Å². The molecule has 0 saturated carbocycles. The third-order valence-electron chi connectivity index (χ3n) is 0.418. The maximum atomic E-state index is 11.7. The van der Waals surface area contributed by atoms with Crippen molar-refractivity contribution in [1.29, 1.82) is 0 Å². The minimum Gasteiger partial charge on any atom is -0.228 e. The van der Waals surface area contributed by atoms with Crippen LogP contribution in [0.25, 0.3) is 0 Å². The summed E-state index contributed by atoms with van der Waals surface area (Å²) >= 11 is 0. The van der Waals surface area contributed by atoms with Crippen LogP contribution in [-0.4, -0.2) is 17.7 Å². The summed E-state index contributed by atoms with van der Waals surface area (Å²) in [4.78, 5) is 0. The largest absolute Gasteiger partial charge is 0.294 e. The molecule has 0 aromatic rings. The average Bonchev–Trinajstić information content (AvgIpc) is 1.82. The first kappa shape index (κ1) is 10.3. The molecule has 62 valence electrons. The molecule has 0 nitrogen and oxygen atoms in total. The molecule has 0 bridgehead atoms. The van der Waals surface area contributed by atoms with Gasteiger partial charge in [-0.05, 0) is 21.6 Å². The molecule has 0 aliphatic heterocycles. The van der Waals surface area contributed by atoms with Gasteiger partial charge in [-0.1, -0.05) is 0 Å². The summed E-state index contributed by atoms with van der Waals surface area (Å²) < 4.78 is 56.6. The van der Waals surface area contributed by atoms with Crippen LogP contribution in [-0.2, 0) is 0 Å². The Morgan fingerprint density at radius 1 is 0.800 bits per heavy atom. The van der Waals surface area contributed by atoms with Gasteiger partial charge in [0, 0.05) is 0 Å². The Kier molecular flexibility index (Phi) is 5.24. The van der Waals surface area contributed by atoms with Gasteiger partial charge in [-0.2, -0.15) is 8.78 Å². The van der Waals surface area contributed by atoms with Crippen molar-refractivity contribution >= 4 is 21.6 Å². The van der Waals surface area contributed by atoms with Gasteiger partial charge >= 0.3 is 0 Å². The van der Waals surface area contributed by atoms with E-state index in [2.05, 4.69) is 0 Å². The van der Waals surface area contributed by atoms with E-state index in [-0.39, 0.29) is 21.6 Å². The lowest BCUT2D eigenvalue weighted by Gasteiger charge is -2.03. The number of hydrogen-bond donors (Lipinski definition) is 0. The fourth-order valence-corrected chi connectivity index (χ4v) is 1.23. The highest BCUT2D eigenvalue weighted by atomic mass is 33.1. The van der Waals surface area contributed by atoms with Crippen molar-refractivity contribution in [2.24, 2.45) is 0 Å². The maximum Gasteiger partial charge on any atom is 0.294 e. The first-order valence-corrected chi connectivity index (χ1v) is 4.34. The Balaban J connectivity index is 3.30. The van der Waals surface area contributed by atoms with Gasteiger partial charge in [0.1, 0.15) is 0 Å². The fraction of sp³-hybridized carbons (Fsp3) is 1.00. The van der Waals surface area contributed by atoms with Crippen molar-refractivity contribution in [2.45, 2.75) is 17.7 Å². The lowest BCUT2D eigenvalue weighted by atomic mass is 10.8. The van der Waals surface area contributed by atoms with E-state index in [4.69, 9.17) is 0 Å². The molecule has 1 atom stereocenters. The molecule has 0 aliphatic carbocycles. The minimum absolute atomic E-state index is 0.157. The van der Waals surface area contributed by atoms with E-state index < -0.39 is 17.7 Å². The zero-order valence-electron chi connectivity index (χ0n) is 4.44. The molecule has 10 heavy (non-hydrogen) atoms. The van der Waals surface area contributed by atoms with Crippen LogP contribution in [0.1, 0.15) is 0 Å². The van der Waals surface area contributed by atoms with Gasteiger partial charge in [0.2, 0.25) is 5.50 Å². The third kappa shape index (κ3) is 5.16. The van der Waals surface area contributed by atoms with Crippen LogP contribution in [0.15, 0.2) is 0 Å². The van der Waals surface area contributed by atoms with Crippen molar-refractivity contribution in [3.05, 3.63) is 0 Å². The topological polar surface area (TPSA) is 0 Å². The zero-order chi connectivity index (χ0) is 8.15. The zero-order valence-corrected chi connectivity index (χ0v) is 6.07. The van der Waals surface area contributed by atoms with Crippen LogP contribution in [0.3, 0.4) is 0 Å². The van der Waals surface area contributed by atoms with Crippen LogP contribution in [0.5, 0.6) is 0 Å². The lowest BCUT2D eigenvalue weighted by Crippen LogP contribution is -2.05. The SMILES string of the molecule is FC(F)SSC(F)C(F)F. The molecule has 0 fully saturated rings. The highest BCUT2D eigenvalue weighted by Crippen LogP contribution is 2.35. The Morgan fingerprint density at radius 3 is 1.60 bits per heavy atom. The molecular weight excluding hydrogens is 195 g/mol. The van der Waals surface area contributed by atoms with Crippen molar-refractivity contribution < 1.29 is 22.0 Å². The molecular formula is C3H3F5S2. The van der Waals surface area contributed by atoms with E-state index in [1.165, 1.54) is 0 Å². The monoisotopic (exact) mass is 198 g/mol. The molecule has 0 rings (SSSR count). The molecule has 0 amide bonds. The van der Waals surface area contributed by atoms with E-state index in [1.54, 1.807) is 0 Å².